The first-order valence-corrected chi connectivity index (χ1v) is 5.81. The summed E-state index contributed by atoms with van der Waals surface area (Å²) in [6.45, 7) is 5.40. The molecule has 0 aliphatic carbocycles. The molecular formula is C12H16O7. The number of carbonyl (C=O) groups is 3. The van der Waals surface area contributed by atoms with Crippen molar-refractivity contribution in [2.75, 3.05) is 13.2 Å². The van der Waals surface area contributed by atoms with E-state index in [2.05, 4.69) is 11.3 Å². The van der Waals surface area contributed by atoms with Gasteiger partial charge < -0.3 is 18.9 Å². The highest BCUT2D eigenvalue weighted by Crippen LogP contribution is 2.09. The topological polar surface area (TPSA) is 91.4 Å². The fourth-order valence-electron chi connectivity index (χ4n) is 1.11. The molecule has 0 bridgehead atoms. The van der Waals surface area contributed by atoms with Crippen molar-refractivity contribution in [2.24, 2.45) is 0 Å². The highest BCUT2D eigenvalue weighted by molar-refractivity contribution is 5.81. The zero-order valence-electron chi connectivity index (χ0n) is 10.6. The Hall–Kier alpha value is -1.89. The maximum absolute atomic E-state index is 11.3. The molecule has 0 aromatic rings. The maximum Gasteiger partial charge on any atom is 0.333 e. The van der Waals surface area contributed by atoms with Crippen LogP contribution in [0.1, 0.15) is 19.8 Å². The largest absolute Gasteiger partial charge is 0.463 e. The Bertz CT molecular complexity index is 359. The molecular weight excluding hydrogens is 256 g/mol. The molecule has 0 N–H and O–H groups in total. The summed E-state index contributed by atoms with van der Waals surface area (Å²) < 4.78 is 19.1. The molecule has 1 fully saturated rings. The third-order valence-corrected chi connectivity index (χ3v) is 2.11. The van der Waals surface area contributed by atoms with Gasteiger partial charge in [-0.25, -0.2) is 4.79 Å². The second kappa shape index (κ2) is 7.52. The van der Waals surface area contributed by atoms with E-state index >= 15 is 0 Å². The van der Waals surface area contributed by atoms with Crippen LogP contribution in [0.5, 0.6) is 0 Å². The Morgan fingerprint density at radius 1 is 1.32 bits per heavy atom. The van der Waals surface area contributed by atoms with Gasteiger partial charge in [-0.05, 0) is 0 Å². The van der Waals surface area contributed by atoms with Gasteiger partial charge in [0.1, 0.15) is 12.7 Å². The molecule has 0 amide bonds. The van der Waals surface area contributed by atoms with Gasteiger partial charge in [0.05, 0.1) is 19.4 Å². The van der Waals surface area contributed by atoms with Crippen LogP contribution in [-0.4, -0.2) is 43.5 Å². The van der Waals surface area contributed by atoms with Crippen LogP contribution in [0.25, 0.3) is 0 Å². The first-order valence-electron chi connectivity index (χ1n) is 5.81. The van der Waals surface area contributed by atoms with E-state index in [0.29, 0.717) is 6.61 Å². The number of hydrogen-bond donors (Lipinski definition) is 0. The van der Waals surface area contributed by atoms with E-state index in [9.17, 15) is 14.4 Å². The molecule has 7 heteroatoms. The fraction of sp³-hybridized carbons (Fsp3) is 0.583. The lowest BCUT2D eigenvalue weighted by atomic mass is 10.3. The van der Waals surface area contributed by atoms with Gasteiger partial charge in [0.2, 0.25) is 6.29 Å². The Morgan fingerprint density at radius 3 is 2.53 bits per heavy atom. The van der Waals surface area contributed by atoms with Crippen LogP contribution in [-0.2, 0) is 33.3 Å². The average molecular weight is 272 g/mol. The first kappa shape index (κ1) is 15.2. The van der Waals surface area contributed by atoms with E-state index in [4.69, 9.17) is 14.2 Å². The third-order valence-electron chi connectivity index (χ3n) is 2.11. The van der Waals surface area contributed by atoms with Crippen LogP contribution in [0.4, 0.5) is 0 Å². The van der Waals surface area contributed by atoms with E-state index in [1.165, 1.54) is 6.92 Å². The summed E-state index contributed by atoms with van der Waals surface area (Å²) in [6.07, 6.45) is -0.293. The summed E-state index contributed by atoms with van der Waals surface area (Å²) in [5.74, 6) is -1.84. The van der Waals surface area contributed by atoms with Crippen molar-refractivity contribution in [1.82, 2.24) is 0 Å². The molecule has 2 unspecified atom stereocenters. The van der Waals surface area contributed by atoms with Crippen LogP contribution in [0.15, 0.2) is 12.7 Å². The number of rotatable bonds is 8. The van der Waals surface area contributed by atoms with E-state index in [1.54, 1.807) is 0 Å². The lowest BCUT2D eigenvalue weighted by Gasteiger charge is -2.12. The molecule has 0 spiro atoms. The molecule has 0 saturated carbocycles. The molecule has 0 radical (unpaired) electrons. The van der Waals surface area contributed by atoms with E-state index in [0.717, 1.165) is 6.08 Å². The van der Waals surface area contributed by atoms with E-state index in [-0.39, 0.29) is 25.6 Å². The Labute approximate surface area is 110 Å². The van der Waals surface area contributed by atoms with Crippen molar-refractivity contribution >= 4 is 17.9 Å². The summed E-state index contributed by atoms with van der Waals surface area (Å²) in [5.41, 5.74) is 0. The molecule has 1 heterocycles. The highest BCUT2D eigenvalue weighted by atomic mass is 16.7. The van der Waals surface area contributed by atoms with Crippen molar-refractivity contribution in [1.29, 1.82) is 0 Å². The second-order valence-electron chi connectivity index (χ2n) is 3.84. The normalized spacial score (nSPS) is 18.1. The summed E-state index contributed by atoms with van der Waals surface area (Å²) in [4.78, 5) is 33.3. The number of carbonyl (C=O) groups excluding carboxylic acids is 3. The van der Waals surface area contributed by atoms with Crippen LogP contribution in [0, 0.1) is 0 Å². The van der Waals surface area contributed by atoms with Crippen LogP contribution < -0.4 is 0 Å². The Morgan fingerprint density at radius 2 is 1.95 bits per heavy atom. The number of epoxide rings is 1. The molecule has 7 nitrogen and oxygen atoms in total. The summed E-state index contributed by atoms with van der Waals surface area (Å²) in [6, 6.07) is 0. The minimum atomic E-state index is -1.02. The van der Waals surface area contributed by atoms with Crippen LogP contribution >= 0.6 is 0 Å². The van der Waals surface area contributed by atoms with Gasteiger partial charge in [-0.2, -0.15) is 0 Å². The second-order valence-corrected chi connectivity index (χ2v) is 3.84. The molecule has 0 aromatic carbocycles. The SMILES string of the molecule is C=CC(=O)OC(C)OC(=O)CCC(=O)OCC1CO1. The first-order chi connectivity index (χ1) is 9.01. The Kier molecular flexibility index (Phi) is 6.01. The van der Waals surface area contributed by atoms with Crippen LogP contribution in [0.2, 0.25) is 0 Å². The van der Waals surface area contributed by atoms with Crippen molar-refractivity contribution < 1.29 is 33.3 Å². The molecule has 0 aromatic heterocycles. The fourth-order valence-corrected chi connectivity index (χ4v) is 1.11. The third kappa shape index (κ3) is 7.20. The predicted molar refractivity (Wildman–Crippen MR) is 61.8 cm³/mol. The molecule has 106 valence electrons. The van der Waals surface area contributed by atoms with Gasteiger partial charge in [0.15, 0.2) is 0 Å². The molecule has 2 atom stereocenters. The number of hydrogen-bond acceptors (Lipinski definition) is 7. The molecule has 1 aliphatic heterocycles. The minimum absolute atomic E-state index is 0.00533. The van der Waals surface area contributed by atoms with Gasteiger partial charge in [-0.1, -0.05) is 6.58 Å². The molecule has 1 saturated heterocycles. The monoisotopic (exact) mass is 272 g/mol. The highest BCUT2D eigenvalue weighted by Gasteiger charge is 2.24. The average Bonchev–Trinajstić information content (AvgIpc) is 3.17. The van der Waals surface area contributed by atoms with E-state index < -0.39 is 24.2 Å². The quantitative estimate of drug-likeness (QED) is 0.272. The smallest absolute Gasteiger partial charge is 0.333 e. The summed E-state index contributed by atoms with van der Waals surface area (Å²) in [7, 11) is 0. The lowest BCUT2D eigenvalue weighted by Crippen LogP contribution is -2.21. The van der Waals surface area contributed by atoms with Gasteiger partial charge in [0.25, 0.3) is 0 Å². The van der Waals surface area contributed by atoms with Gasteiger partial charge in [0, 0.05) is 13.0 Å². The molecule has 1 rings (SSSR count). The summed E-state index contributed by atoms with van der Waals surface area (Å²) in [5, 5.41) is 0. The standard InChI is InChI=1S/C12H16O7/c1-3-10(13)18-8(2)19-12(15)5-4-11(14)17-7-9-6-16-9/h3,8-9H,1,4-7H2,2H3. The van der Waals surface area contributed by atoms with Gasteiger partial charge in [-0.15, -0.1) is 0 Å². The van der Waals surface area contributed by atoms with Gasteiger partial charge >= 0.3 is 17.9 Å². The maximum atomic E-state index is 11.3. The summed E-state index contributed by atoms with van der Waals surface area (Å²) >= 11 is 0. The van der Waals surface area contributed by atoms with Crippen molar-refractivity contribution in [2.45, 2.75) is 32.2 Å². The molecule has 19 heavy (non-hydrogen) atoms. The zero-order valence-corrected chi connectivity index (χ0v) is 10.6. The van der Waals surface area contributed by atoms with Crippen molar-refractivity contribution in [3.63, 3.8) is 0 Å². The number of ether oxygens (including phenoxy) is 4. The van der Waals surface area contributed by atoms with Gasteiger partial charge in [-0.3, -0.25) is 9.59 Å². The van der Waals surface area contributed by atoms with Crippen LogP contribution in [0.3, 0.4) is 0 Å². The number of esters is 3. The van der Waals surface area contributed by atoms with E-state index in [1.807, 2.05) is 0 Å². The van der Waals surface area contributed by atoms with Crippen molar-refractivity contribution in [3.05, 3.63) is 12.7 Å². The Balaban J connectivity index is 2.10. The predicted octanol–water partition coefficient (Wildman–Crippen LogP) is 0.327. The minimum Gasteiger partial charge on any atom is -0.463 e. The zero-order chi connectivity index (χ0) is 14.3. The lowest BCUT2D eigenvalue weighted by molar-refractivity contribution is -0.181. The molecule has 1 aliphatic rings. The van der Waals surface area contributed by atoms with Crippen molar-refractivity contribution in [3.8, 4) is 0 Å².